The first kappa shape index (κ1) is 14.5. The quantitative estimate of drug-likeness (QED) is 0.886. The van der Waals surface area contributed by atoms with E-state index in [1.165, 1.54) is 16.7 Å². The topological polar surface area (TPSA) is 30.5 Å². The minimum absolute atomic E-state index is 0.146. The second-order valence-corrected chi connectivity index (χ2v) is 5.65. The number of aryl methyl sites for hydroxylation is 2. The fourth-order valence-electron chi connectivity index (χ4n) is 2.72. The third-order valence-electron chi connectivity index (χ3n) is 4.12. The average Bonchev–Trinajstić information content (AvgIpc) is 2.85. The normalized spacial score (nSPS) is 24.6. The van der Waals surface area contributed by atoms with Crippen molar-refractivity contribution in [3.63, 3.8) is 0 Å². The van der Waals surface area contributed by atoms with Gasteiger partial charge in [0.15, 0.2) is 0 Å². The Bertz CT molecular complexity index is 425. The molecule has 106 valence electrons. The van der Waals surface area contributed by atoms with Crippen molar-refractivity contribution in [3.8, 4) is 0 Å². The van der Waals surface area contributed by atoms with Crippen molar-refractivity contribution in [2.75, 3.05) is 26.9 Å². The number of ether oxygens (including phenoxy) is 2. The van der Waals surface area contributed by atoms with Gasteiger partial charge < -0.3 is 14.8 Å². The maximum atomic E-state index is 5.65. The van der Waals surface area contributed by atoms with E-state index in [9.17, 15) is 0 Å². The molecular weight excluding hydrogens is 238 g/mol. The van der Waals surface area contributed by atoms with Crippen LogP contribution in [-0.2, 0) is 9.47 Å². The van der Waals surface area contributed by atoms with E-state index < -0.39 is 0 Å². The Hall–Kier alpha value is -0.900. The zero-order valence-electron chi connectivity index (χ0n) is 12.5. The highest BCUT2D eigenvalue weighted by molar-refractivity contribution is 5.32. The van der Waals surface area contributed by atoms with Crippen molar-refractivity contribution in [2.24, 2.45) is 0 Å². The van der Waals surface area contributed by atoms with E-state index in [0.717, 1.165) is 19.6 Å². The van der Waals surface area contributed by atoms with Crippen LogP contribution >= 0.6 is 0 Å². The van der Waals surface area contributed by atoms with Crippen molar-refractivity contribution in [3.05, 3.63) is 34.9 Å². The molecule has 0 spiro atoms. The van der Waals surface area contributed by atoms with Crippen molar-refractivity contribution in [1.82, 2.24) is 5.32 Å². The fourth-order valence-corrected chi connectivity index (χ4v) is 2.72. The molecule has 0 radical (unpaired) electrons. The highest BCUT2D eigenvalue weighted by Crippen LogP contribution is 2.24. The van der Waals surface area contributed by atoms with E-state index in [2.05, 4.69) is 44.3 Å². The van der Waals surface area contributed by atoms with E-state index in [1.54, 1.807) is 7.11 Å². The van der Waals surface area contributed by atoms with E-state index in [1.807, 2.05) is 0 Å². The molecular formula is C16H25NO2. The molecule has 0 amide bonds. The summed E-state index contributed by atoms with van der Waals surface area (Å²) in [6.45, 7) is 8.83. The van der Waals surface area contributed by atoms with E-state index >= 15 is 0 Å². The third kappa shape index (κ3) is 3.35. The van der Waals surface area contributed by atoms with Gasteiger partial charge in [-0.25, -0.2) is 0 Å². The highest BCUT2D eigenvalue weighted by atomic mass is 16.5. The molecule has 0 aliphatic carbocycles. The third-order valence-corrected chi connectivity index (χ3v) is 4.12. The summed E-state index contributed by atoms with van der Waals surface area (Å²) >= 11 is 0. The number of nitrogens with one attached hydrogen (secondary N) is 1. The van der Waals surface area contributed by atoms with Gasteiger partial charge >= 0.3 is 0 Å². The van der Waals surface area contributed by atoms with E-state index in [-0.39, 0.29) is 5.60 Å². The molecule has 19 heavy (non-hydrogen) atoms. The number of hydrogen-bond donors (Lipinski definition) is 1. The number of methoxy groups -OCH3 is 1. The van der Waals surface area contributed by atoms with Crippen LogP contribution in [0.2, 0.25) is 0 Å². The van der Waals surface area contributed by atoms with Crippen LogP contribution in [0.5, 0.6) is 0 Å². The van der Waals surface area contributed by atoms with Crippen LogP contribution < -0.4 is 5.32 Å². The lowest BCUT2D eigenvalue weighted by Crippen LogP contribution is -2.43. The molecule has 1 aromatic rings. The molecule has 1 aromatic carbocycles. The molecule has 2 rings (SSSR count). The Labute approximate surface area is 116 Å². The number of rotatable bonds is 5. The first-order chi connectivity index (χ1) is 9.06. The van der Waals surface area contributed by atoms with Gasteiger partial charge in [-0.15, -0.1) is 0 Å². The SMILES string of the molecule is COC1(CNC(C)c2ccc(C)cc2C)CCOC1. The van der Waals surface area contributed by atoms with Crippen molar-refractivity contribution in [2.45, 2.75) is 38.8 Å². The molecule has 1 N–H and O–H groups in total. The summed E-state index contributed by atoms with van der Waals surface area (Å²) in [5.74, 6) is 0. The van der Waals surface area contributed by atoms with Crippen LogP contribution in [0.25, 0.3) is 0 Å². The smallest absolute Gasteiger partial charge is 0.106 e. The standard InChI is InChI=1S/C16H25NO2/c1-12-5-6-15(13(2)9-12)14(3)17-10-16(18-4)7-8-19-11-16/h5-6,9,14,17H,7-8,10-11H2,1-4H3. The van der Waals surface area contributed by atoms with Gasteiger partial charge in [0.2, 0.25) is 0 Å². The maximum Gasteiger partial charge on any atom is 0.106 e. The maximum absolute atomic E-state index is 5.65. The Kier molecular flexibility index (Phi) is 4.61. The second kappa shape index (κ2) is 6.04. The zero-order chi connectivity index (χ0) is 13.9. The van der Waals surface area contributed by atoms with E-state index in [0.29, 0.717) is 12.6 Å². The minimum atomic E-state index is -0.146. The highest BCUT2D eigenvalue weighted by Gasteiger charge is 2.35. The van der Waals surface area contributed by atoms with Crippen LogP contribution in [0.3, 0.4) is 0 Å². The van der Waals surface area contributed by atoms with Crippen molar-refractivity contribution >= 4 is 0 Å². The molecule has 3 heteroatoms. The van der Waals surface area contributed by atoms with Crippen LogP contribution in [-0.4, -0.2) is 32.5 Å². The molecule has 1 aliphatic rings. The summed E-state index contributed by atoms with van der Waals surface area (Å²) in [7, 11) is 1.78. The Morgan fingerprint density at radius 3 is 2.79 bits per heavy atom. The van der Waals surface area contributed by atoms with Crippen LogP contribution in [0.1, 0.15) is 36.1 Å². The average molecular weight is 263 g/mol. The van der Waals surface area contributed by atoms with Gasteiger partial charge in [-0.05, 0) is 31.9 Å². The van der Waals surface area contributed by atoms with Crippen molar-refractivity contribution < 1.29 is 9.47 Å². The summed E-state index contributed by atoms with van der Waals surface area (Å²) < 4.78 is 11.1. The summed E-state index contributed by atoms with van der Waals surface area (Å²) in [6.07, 6.45) is 0.968. The summed E-state index contributed by atoms with van der Waals surface area (Å²) in [6, 6.07) is 6.95. The molecule has 2 atom stereocenters. The molecule has 1 saturated heterocycles. The first-order valence-electron chi connectivity index (χ1n) is 7.00. The van der Waals surface area contributed by atoms with E-state index in [4.69, 9.17) is 9.47 Å². The van der Waals surface area contributed by atoms with Gasteiger partial charge in [-0.1, -0.05) is 23.8 Å². The molecule has 1 heterocycles. The van der Waals surface area contributed by atoms with Gasteiger partial charge in [0.1, 0.15) is 5.60 Å². The Balaban J connectivity index is 1.99. The van der Waals surface area contributed by atoms with Crippen LogP contribution in [0.4, 0.5) is 0 Å². The molecule has 0 saturated carbocycles. The monoisotopic (exact) mass is 263 g/mol. The summed E-state index contributed by atoms with van der Waals surface area (Å²) in [4.78, 5) is 0. The minimum Gasteiger partial charge on any atom is -0.378 e. The molecule has 2 unspecified atom stereocenters. The van der Waals surface area contributed by atoms with Gasteiger partial charge in [-0.2, -0.15) is 0 Å². The predicted octanol–water partition coefficient (Wildman–Crippen LogP) is 2.76. The fraction of sp³-hybridized carbons (Fsp3) is 0.625. The lowest BCUT2D eigenvalue weighted by Gasteiger charge is -2.28. The summed E-state index contributed by atoms with van der Waals surface area (Å²) in [5.41, 5.74) is 3.86. The first-order valence-corrected chi connectivity index (χ1v) is 7.00. The lowest BCUT2D eigenvalue weighted by molar-refractivity contribution is -0.0172. The van der Waals surface area contributed by atoms with Gasteiger partial charge in [0, 0.05) is 32.7 Å². The molecule has 0 aromatic heterocycles. The van der Waals surface area contributed by atoms with Crippen LogP contribution in [0, 0.1) is 13.8 Å². The van der Waals surface area contributed by atoms with Crippen LogP contribution in [0.15, 0.2) is 18.2 Å². The number of hydrogen-bond acceptors (Lipinski definition) is 3. The summed E-state index contributed by atoms with van der Waals surface area (Å²) in [5, 5.41) is 3.59. The molecule has 1 aliphatic heterocycles. The largest absolute Gasteiger partial charge is 0.378 e. The Morgan fingerprint density at radius 2 is 2.21 bits per heavy atom. The lowest BCUT2D eigenvalue weighted by atomic mass is 9.98. The van der Waals surface area contributed by atoms with Crippen molar-refractivity contribution in [1.29, 1.82) is 0 Å². The zero-order valence-corrected chi connectivity index (χ0v) is 12.5. The predicted molar refractivity (Wildman–Crippen MR) is 77.5 cm³/mol. The Morgan fingerprint density at radius 1 is 1.42 bits per heavy atom. The number of benzene rings is 1. The molecule has 3 nitrogen and oxygen atoms in total. The van der Waals surface area contributed by atoms with Gasteiger partial charge in [0.05, 0.1) is 6.61 Å². The second-order valence-electron chi connectivity index (χ2n) is 5.65. The van der Waals surface area contributed by atoms with Gasteiger partial charge in [-0.3, -0.25) is 0 Å². The molecule has 0 bridgehead atoms. The molecule has 1 fully saturated rings. The van der Waals surface area contributed by atoms with Gasteiger partial charge in [0.25, 0.3) is 0 Å².